The zero-order valence-corrected chi connectivity index (χ0v) is 18.3. The zero-order valence-electron chi connectivity index (χ0n) is 17.5. The minimum Gasteiger partial charge on any atom is -0.487 e. The number of ether oxygens (including phenoxy) is 1. The molecule has 1 aromatic heterocycles. The Labute approximate surface area is 185 Å². The van der Waals surface area contributed by atoms with Gasteiger partial charge in [0.15, 0.2) is 5.82 Å². The largest absolute Gasteiger partial charge is 0.487 e. The van der Waals surface area contributed by atoms with E-state index in [4.69, 9.17) is 21.3 Å². The summed E-state index contributed by atoms with van der Waals surface area (Å²) < 4.78 is 7.36. The van der Waals surface area contributed by atoms with Crippen LogP contribution in [0.3, 0.4) is 0 Å². The average molecular weight is 432 g/mol. The summed E-state index contributed by atoms with van der Waals surface area (Å²) in [4.78, 5) is 18.0. The van der Waals surface area contributed by atoms with Crippen molar-refractivity contribution in [3.63, 3.8) is 0 Å². The molecular weight excluding hydrogens is 410 g/mol. The molecule has 31 heavy (non-hydrogen) atoms. The first-order valence-corrected chi connectivity index (χ1v) is 10.3. The number of fused-ring (bicyclic) bond motifs is 1. The van der Waals surface area contributed by atoms with Crippen LogP contribution >= 0.6 is 11.6 Å². The Bertz CT molecular complexity index is 1320. The molecule has 0 saturated heterocycles. The second kappa shape index (κ2) is 8.36. The van der Waals surface area contributed by atoms with Crippen molar-refractivity contribution in [1.29, 1.82) is 0 Å². The fourth-order valence-corrected chi connectivity index (χ4v) is 3.35. The Morgan fingerprint density at radius 3 is 2.45 bits per heavy atom. The van der Waals surface area contributed by atoms with Gasteiger partial charge in [-0.15, -0.1) is 0 Å². The minimum atomic E-state index is -0.396. The lowest BCUT2D eigenvalue weighted by Gasteiger charge is -2.22. The van der Waals surface area contributed by atoms with Crippen molar-refractivity contribution in [2.75, 3.05) is 0 Å². The molecule has 0 atom stereocenters. The standard InChI is InChI=1S/C25H22ClN3O2/c1-25(2,3)31-22-14-13-19(26)15-18(22)16-27-29-23(17-9-5-4-6-10-17)28-21-12-8-7-11-20(21)24(29)30/h4-16H,1-3H3. The van der Waals surface area contributed by atoms with Crippen LogP contribution in [-0.2, 0) is 0 Å². The van der Waals surface area contributed by atoms with Crippen LogP contribution in [0.4, 0.5) is 0 Å². The van der Waals surface area contributed by atoms with E-state index >= 15 is 0 Å². The number of aromatic nitrogens is 2. The van der Waals surface area contributed by atoms with Crippen molar-refractivity contribution in [2.45, 2.75) is 26.4 Å². The summed E-state index contributed by atoms with van der Waals surface area (Å²) in [6, 6.07) is 22.1. The Hall–Kier alpha value is -3.44. The molecule has 0 aliphatic rings. The van der Waals surface area contributed by atoms with Crippen molar-refractivity contribution >= 4 is 28.7 Å². The van der Waals surface area contributed by atoms with Crippen molar-refractivity contribution in [3.8, 4) is 17.1 Å². The summed E-state index contributed by atoms with van der Waals surface area (Å²) in [5.41, 5.74) is 1.44. The van der Waals surface area contributed by atoms with Gasteiger partial charge in [-0.3, -0.25) is 4.79 Å². The normalized spacial score (nSPS) is 11.9. The highest BCUT2D eigenvalue weighted by molar-refractivity contribution is 6.30. The van der Waals surface area contributed by atoms with Gasteiger partial charge in [0.2, 0.25) is 0 Å². The van der Waals surface area contributed by atoms with Gasteiger partial charge in [-0.1, -0.05) is 54.1 Å². The first-order valence-electron chi connectivity index (χ1n) is 9.92. The van der Waals surface area contributed by atoms with Gasteiger partial charge >= 0.3 is 0 Å². The third-order valence-electron chi connectivity index (χ3n) is 4.49. The van der Waals surface area contributed by atoms with Gasteiger partial charge in [0.05, 0.1) is 17.1 Å². The van der Waals surface area contributed by atoms with Crippen LogP contribution in [-0.4, -0.2) is 21.5 Å². The van der Waals surface area contributed by atoms with E-state index in [1.165, 1.54) is 4.68 Å². The van der Waals surface area contributed by atoms with Gasteiger partial charge < -0.3 is 4.74 Å². The van der Waals surface area contributed by atoms with Crippen LogP contribution in [0.1, 0.15) is 26.3 Å². The lowest BCUT2D eigenvalue weighted by Crippen LogP contribution is -2.24. The van der Waals surface area contributed by atoms with E-state index in [1.807, 2.05) is 69.3 Å². The quantitative estimate of drug-likeness (QED) is 0.385. The number of hydrogen-bond donors (Lipinski definition) is 0. The summed E-state index contributed by atoms with van der Waals surface area (Å²) in [5, 5.41) is 5.56. The molecule has 6 heteroatoms. The zero-order chi connectivity index (χ0) is 22.0. The van der Waals surface area contributed by atoms with Gasteiger partial charge in [0.1, 0.15) is 11.4 Å². The molecule has 4 aromatic rings. The smallest absolute Gasteiger partial charge is 0.282 e. The Kier molecular flexibility index (Phi) is 5.61. The lowest BCUT2D eigenvalue weighted by molar-refractivity contribution is 0.130. The van der Waals surface area contributed by atoms with E-state index in [0.29, 0.717) is 33.1 Å². The summed E-state index contributed by atoms with van der Waals surface area (Å²) >= 11 is 6.21. The predicted molar refractivity (Wildman–Crippen MR) is 126 cm³/mol. The lowest BCUT2D eigenvalue weighted by atomic mass is 10.1. The SMILES string of the molecule is CC(C)(C)Oc1ccc(Cl)cc1C=Nn1c(-c2ccccc2)nc2ccccc2c1=O. The molecule has 0 N–H and O–H groups in total. The Balaban J connectivity index is 1.89. The highest BCUT2D eigenvalue weighted by Crippen LogP contribution is 2.25. The second-order valence-electron chi connectivity index (χ2n) is 8.08. The molecule has 0 amide bonds. The number of halogens is 1. The maximum atomic E-state index is 13.3. The fraction of sp³-hybridized carbons (Fsp3) is 0.160. The molecule has 0 radical (unpaired) electrons. The van der Waals surface area contributed by atoms with Gasteiger partial charge in [-0.2, -0.15) is 9.78 Å². The number of nitrogens with zero attached hydrogens (tertiary/aromatic N) is 3. The average Bonchev–Trinajstić information content (AvgIpc) is 2.74. The van der Waals surface area contributed by atoms with Crippen LogP contribution in [0.2, 0.25) is 5.02 Å². The van der Waals surface area contributed by atoms with Crippen LogP contribution in [0.15, 0.2) is 82.7 Å². The number of para-hydroxylation sites is 1. The molecule has 0 unspecified atom stereocenters. The van der Waals surface area contributed by atoms with E-state index < -0.39 is 5.60 Å². The van der Waals surface area contributed by atoms with E-state index in [1.54, 1.807) is 30.5 Å². The predicted octanol–water partition coefficient (Wildman–Crippen LogP) is 5.78. The van der Waals surface area contributed by atoms with Crippen LogP contribution in [0, 0.1) is 0 Å². The van der Waals surface area contributed by atoms with Crippen molar-refractivity contribution in [1.82, 2.24) is 9.66 Å². The van der Waals surface area contributed by atoms with Crippen LogP contribution < -0.4 is 10.3 Å². The molecule has 0 spiro atoms. The van der Waals surface area contributed by atoms with Crippen LogP contribution in [0.5, 0.6) is 5.75 Å². The number of rotatable bonds is 4. The number of benzene rings is 3. The first-order chi connectivity index (χ1) is 14.8. The molecule has 156 valence electrons. The highest BCUT2D eigenvalue weighted by Gasteiger charge is 2.15. The maximum Gasteiger partial charge on any atom is 0.282 e. The maximum absolute atomic E-state index is 13.3. The molecule has 0 fully saturated rings. The van der Waals surface area contributed by atoms with E-state index in [-0.39, 0.29) is 5.56 Å². The summed E-state index contributed by atoms with van der Waals surface area (Å²) in [6.07, 6.45) is 1.58. The molecule has 5 nitrogen and oxygen atoms in total. The highest BCUT2D eigenvalue weighted by atomic mass is 35.5. The minimum absolute atomic E-state index is 0.249. The Morgan fingerprint density at radius 2 is 1.71 bits per heavy atom. The van der Waals surface area contributed by atoms with Gasteiger partial charge in [-0.05, 0) is 51.1 Å². The second-order valence-corrected chi connectivity index (χ2v) is 8.51. The third kappa shape index (κ3) is 4.67. The van der Waals surface area contributed by atoms with Gasteiger partial charge in [-0.25, -0.2) is 4.98 Å². The molecular formula is C25H22ClN3O2. The molecule has 0 saturated carbocycles. The van der Waals surface area contributed by atoms with E-state index in [9.17, 15) is 4.79 Å². The monoisotopic (exact) mass is 431 g/mol. The van der Waals surface area contributed by atoms with Gasteiger partial charge in [0, 0.05) is 16.1 Å². The van der Waals surface area contributed by atoms with Crippen molar-refractivity contribution in [2.24, 2.45) is 5.10 Å². The number of hydrogen-bond acceptors (Lipinski definition) is 4. The summed E-state index contributed by atoms with van der Waals surface area (Å²) in [6.45, 7) is 5.90. The van der Waals surface area contributed by atoms with Crippen molar-refractivity contribution in [3.05, 3.63) is 93.7 Å². The summed E-state index contributed by atoms with van der Waals surface area (Å²) in [5.74, 6) is 1.09. The molecule has 0 bridgehead atoms. The third-order valence-corrected chi connectivity index (χ3v) is 4.72. The topological polar surface area (TPSA) is 56.5 Å². The van der Waals surface area contributed by atoms with E-state index in [2.05, 4.69) is 5.10 Å². The molecule has 3 aromatic carbocycles. The molecule has 4 rings (SSSR count). The first kappa shape index (κ1) is 20.8. The van der Waals surface area contributed by atoms with Crippen LogP contribution in [0.25, 0.3) is 22.3 Å². The Morgan fingerprint density at radius 1 is 1.00 bits per heavy atom. The molecule has 0 aliphatic heterocycles. The van der Waals surface area contributed by atoms with E-state index in [0.717, 1.165) is 5.56 Å². The fourth-order valence-electron chi connectivity index (χ4n) is 3.17. The molecule has 0 aliphatic carbocycles. The molecule has 1 heterocycles. The summed E-state index contributed by atoms with van der Waals surface area (Å²) in [7, 11) is 0. The van der Waals surface area contributed by atoms with Crippen molar-refractivity contribution < 1.29 is 4.74 Å². The van der Waals surface area contributed by atoms with Gasteiger partial charge in [0.25, 0.3) is 5.56 Å².